The van der Waals surface area contributed by atoms with Crippen LogP contribution in [-0.4, -0.2) is 48.8 Å². The van der Waals surface area contributed by atoms with E-state index in [-0.39, 0.29) is 18.3 Å². The molecule has 2 saturated heterocycles. The highest BCUT2D eigenvalue weighted by Gasteiger charge is 2.46. The molecule has 2 unspecified atom stereocenters. The fourth-order valence-electron chi connectivity index (χ4n) is 5.60. The summed E-state index contributed by atoms with van der Waals surface area (Å²) in [5.41, 5.74) is 0. The first-order chi connectivity index (χ1) is 18.0. The maximum Gasteiger partial charge on any atom is 0.364 e. The number of rotatable bonds is 16. The maximum atomic E-state index is 14.6. The Morgan fingerprint density at radius 3 is 2.22 bits per heavy atom. The normalized spacial score (nSPS) is 30.7. The number of unbranched alkanes of at least 4 members (excludes halogenated alkanes) is 4. The summed E-state index contributed by atoms with van der Waals surface area (Å²) >= 11 is 0. The van der Waals surface area contributed by atoms with Gasteiger partial charge in [0.2, 0.25) is 0 Å². The predicted octanol–water partition coefficient (Wildman–Crippen LogP) is 7.47. The molecule has 0 radical (unpaired) electrons. The van der Waals surface area contributed by atoms with Gasteiger partial charge in [0.25, 0.3) is 5.79 Å². The standard InChI is InChI=1S/C30H49FO6/c1-2-3-4-5-6-8-15-24-19-20-26(31)25(24)16-9-7-12-21-30(29(32)33,36-27-17-10-13-22-34-27)37-28-18-11-14-23-35-28/h7-9,15,24-28H,2-6,10-14,16-23H2,1H3,(H,32,33)/b9-7-,15-8+/t24-,25+,26+,27?,28?,30?/m0/s1. The lowest BCUT2D eigenvalue weighted by molar-refractivity contribution is -0.352. The Hall–Kier alpha value is -1.28. The molecule has 1 aliphatic carbocycles. The summed E-state index contributed by atoms with van der Waals surface area (Å²) < 4.78 is 38.0. The van der Waals surface area contributed by atoms with Gasteiger partial charge in [-0.2, -0.15) is 0 Å². The third-order valence-corrected chi connectivity index (χ3v) is 7.86. The average Bonchev–Trinajstić information content (AvgIpc) is 3.25. The Morgan fingerprint density at radius 1 is 0.919 bits per heavy atom. The molecule has 7 heteroatoms. The zero-order valence-corrected chi connectivity index (χ0v) is 22.8. The van der Waals surface area contributed by atoms with Crippen LogP contribution >= 0.6 is 0 Å². The van der Waals surface area contributed by atoms with Gasteiger partial charge in [-0.15, -0.1) is 0 Å². The van der Waals surface area contributed by atoms with Gasteiger partial charge < -0.3 is 24.1 Å². The minimum Gasteiger partial charge on any atom is -0.477 e. The first-order valence-corrected chi connectivity index (χ1v) is 14.8. The number of carboxylic acids is 1. The summed E-state index contributed by atoms with van der Waals surface area (Å²) in [6, 6.07) is 0. The summed E-state index contributed by atoms with van der Waals surface area (Å²) in [5.74, 6) is -2.71. The molecular weight excluding hydrogens is 475 g/mol. The molecule has 212 valence electrons. The summed E-state index contributed by atoms with van der Waals surface area (Å²) in [6.07, 6.45) is 20.3. The van der Waals surface area contributed by atoms with Gasteiger partial charge in [0.05, 0.1) is 0 Å². The highest BCUT2D eigenvalue weighted by Crippen LogP contribution is 2.38. The molecule has 0 bridgehead atoms. The van der Waals surface area contributed by atoms with Crippen molar-refractivity contribution in [2.75, 3.05) is 13.2 Å². The van der Waals surface area contributed by atoms with Crippen LogP contribution in [0.25, 0.3) is 0 Å². The van der Waals surface area contributed by atoms with E-state index in [1.165, 1.54) is 25.7 Å². The number of ether oxygens (including phenoxy) is 4. The molecule has 6 nitrogen and oxygen atoms in total. The predicted molar refractivity (Wildman–Crippen MR) is 142 cm³/mol. The molecule has 1 N–H and O–H groups in total. The van der Waals surface area contributed by atoms with Gasteiger partial charge in [-0.1, -0.05) is 50.5 Å². The fourth-order valence-corrected chi connectivity index (χ4v) is 5.60. The zero-order chi connectivity index (χ0) is 26.3. The summed E-state index contributed by atoms with van der Waals surface area (Å²) in [7, 11) is 0. The molecule has 5 atom stereocenters. The van der Waals surface area contributed by atoms with Gasteiger partial charge in [0.15, 0.2) is 12.6 Å². The summed E-state index contributed by atoms with van der Waals surface area (Å²) in [5, 5.41) is 10.2. The van der Waals surface area contributed by atoms with Crippen LogP contribution in [0.4, 0.5) is 4.39 Å². The van der Waals surface area contributed by atoms with Crippen molar-refractivity contribution in [2.24, 2.45) is 11.8 Å². The molecule has 37 heavy (non-hydrogen) atoms. The molecule has 0 aromatic carbocycles. The summed E-state index contributed by atoms with van der Waals surface area (Å²) in [6.45, 7) is 3.33. The van der Waals surface area contributed by atoms with Crippen molar-refractivity contribution < 1.29 is 33.2 Å². The highest BCUT2D eigenvalue weighted by atomic mass is 19.1. The Balaban J connectivity index is 1.54. The van der Waals surface area contributed by atoms with E-state index in [9.17, 15) is 14.3 Å². The molecule has 0 aromatic heterocycles. The number of halogens is 1. The minimum absolute atomic E-state index is 0.00819. The minimum atomic E-state index is -1.83. The number of hydrogen-bond acceptors (Lipinski definition) is 5. The topological polar surface area (TPSA) is 74.2 Å². The Bertz CT molecular complexity index is 678. The lowest BCUT2D eigenvalue weighted by Gasteiger charge is -2.37. The van der Waals surface area contributed by atoms with Gasteiger partial charge in [-0.05, 0) is 88.9 Å². The number of aliphatic carboxylic acids is 1. The van der Waals surface area contributed by atoms with Gasteiger partial charge >= 0.3 is 5.97 Å². The second-order valence-electron chi connectivity index (χ2n) is 10.8. The van der Waals surface area contributed by atoms with E-state index in [1.807, 2.05) is 12.2 Å². The number of allylic oxidation sites excluding steroid dienone is 4. The molecule has 3 aliphatic rings. The van der Waals surface area contributed by atoms with E-state index in [1.54, 1.807) is 0 Å². The molecule has 3 rings (SSSR count). The third kappa shape index (κ3) is 10.1. The van der Waals surface area contributed by atoms with Gasteiger partial charge in [0, 0.05) is 19.6 Å². The van der Waals surface area contributed by atoms with Gasteiger partial charge in [-0.25, -0.2) is 9.18 Å². The van der Waals surface area contributed by atoms with Crippen LogP contribution in [0.1, 0.15) is 110 Å². The average molecular weight is 525 g/mol. The Morgan fingerprint density at radius 2 is 1.62 bits per heavy atom. The van der Waals surface area contributed by atoms with E-state index in [2.05, 4.69) is 19.1 Å². The zero-order valence-electron chi connectivity index (χ0n) is 22.8. The SMILES string of the molecule is CCCCCC/C=C/[C@H]1CC[C@@H](F)[C@@H]1C/C=C\CCC(OC1CCCCO1)(OC1CCCCO1)C(=O)O. The second-order valence-corrected chi connectivity index (χ2v) is 10.8. The third-order valence-electron chi connectivity index (χ3n) is 7.86. The van der Waals surface area contributed by atoms with Gasteiger partial charge in [-0.3, -0.25) is 0 Å². The van der Waals surface area contributed by atoms with E-state index < -0.39 is 30.5 Å². The molecule has 2 aliphatic heterocycles. The smallest absolute Gasteiger partial charge is 0.364 e. The number of hydrogen-bond donors (Lipinski definition) is 1. The van der Waals surface area contributed by atoms with Crippen molar-refractivity contribution >= 4 is 5.97 Å². The van der Waals surface area contributed by atoms with Crippen LogP contribution in [0.15, 0.2) is 24.3 Å². The summed E-state index contributed by atoms with van der Waals surface area (Å²) in [4.78, 5) is 12.5. The van der Waals surface area contributed by atoms with Crippen LogP contribution in [0.3, 0.4) is 0 Å². The number of carboxylic acid groups (broad SMARTS) is 1. The molecule has 1 saturated carbocycles. The second kappa shape index (κ2) is 16.6. The van der Waals surface area contributed by atoms with Crippen molar-refractivity contribution in [1.82, 2.24) is 0 Å². The van der Waals surface area contributed by atoms with Crippen LogP contribution < -0.4 is 0 Å². The number of alkyl halides is 1. The molecule has 0 spiro atoms. The van der Waals surface area contributed by atoms with Crippen molar-refractivity contribution in [3.8, 4) is 0 Å². The largest absolute Gasteiger partial charge is 0.477 e. The molecule has 3 fully saturated rings. The van der Waals surface area contributed by atoms with Crippen molar-refractivity contribution in [3.63, 3.8) is 0 Å². The first-order valence-electron chi connectivity index (χ1n) is 14.8. The van der Waals surface area contributed by atoms with Crippen LogP contribution in [0, 0.1) is 11.8 Å². The molecule has 2 heterocycles. The monoisotopic (exact) mass is 524 g/mol. The number of carbonyl (C=O) groups is 1. The van der Waals surface area contributed by atoms with E-state index in [4.69, 9.17) is 18.9 Å². The van der Waals surface area contributed by atoms with Crippen LogP contribution in [-0.2, 0) is 23.7 Å². The van der Waals surface area contributed by atoms with Gasteiger partial charge in [0.1, 0.15) is 6.17 Å². The quantitative estimate of drug-likeness (QED) is 0.128. The van der Waals surface area contributed by atoms with E-state index in [0.29, 0.717) is 45.3 Å². The van der Waals surface area contributed by atoms with Crippen LogP contribution in [0.2, 0.25) is 0 Å². The van der Waals surface area contributed by atoms with Crippen molar-refractivity contribution in [2.45, 2.75) is 134 Å². The highest BCUT2D eigenvalue weighted by molar-refractivity contribution is 5.75. The molecule has 0 aromatic rings. The lowest BCUT2D eigenvalue weighted by Crippen LogP contribution is -2.51. The van der Waals surface area contributed by atoms with Crippen LogP contribution in [0.5, 0.6) is 0 Å². The fraction of sp³-hybridized carbons (Fsp3) is 0.833. The molecule has 0 amide bonds. The Kier molecular flexibility index (Phi) is 13.6. The molecular formula is C30H49FO6. The Labute approximate surface area is 223 Å². The lowest BCUT2D eigenvalue weighted by atomic mass is 9.91. The maximum absolute atomic E-state index is 14.6. The van der Waals surface area contributed by atoms with Crippen molar-refractivity contribution in [1.29, 1.82) is 0 Å². The van der Waals surface area contributed by atoms with Crippen molar-refractivity contribution in [3.05, 3.63) is 24.3 Å². The van der Waals surface area contributed by atoms with E-state index in [0.717, 1.165) is 38.5 Å². The van der Waals surface area contributed by atoms with E-state index >= 15 is 0 Å². The first kappa shape index (κ1) is 30.3.